The van der Waals surface area contributed by atoms with Crippen LogP contribution in [0.5, 0.6) is 11.8 Å². The summed E-state index contributed by atoms with van der Waals surface area (Å²) in [5, 5.41) is 3.35. The van der Waals surface area contributed by atoms with Crippen molar-refractivity contribution < 1.29 is 9.47 Å². The smallest absolute Gasteiger partial charge is 0.241 e. The molecule has 0 saturated carbocycles. The molecule has 4 rings (SSSR count). The largest absolute Gasteiger partial charge is 0.473 e. The van der Waals surface area contributed by atoms with Gasteiger partial charge in [0.15, 0.2) is 0 Å². The number of nitrogen functional groups attached to an aromatic ring is 1. The van der Waals surface area contributed by atoms with E-state index in [1.54, 1.807) is 0 Å². The van der Waals surface area contributed by atoms with Gasteiger partial charge >= 0.3 is 0 Å². The summed E-state index contributed by atoms with van der Waals surface area (Å²) in [4.78, 5) is 4.60. The van der Waals surface area contributed by atoms with Crippen LogP contribution in [-0.4, -0.2) is 4.98 Å². The lowest BCUT2D eigenvalue weighted by atomic mass is 10.1. The highest BCUT2D eigenvalue weighted by molar-refractivity contribution is 5.76. The van der Waals surface area contributed by atoms with Gasteiger partial charge in [-0.25, -0.2) is 0 Å². The third kappa shape index (κ3) is 6.74. The molecule has 0 bridgehead atoms. The molecule has 3 aromatic carbocycles. The maximum Gasteiger partial charge on any atom is 0.241 e. The number of aromatic nitrogens is 1. The third-order valence-corrected chi connectivity index (χ3v) is 4.88. The maximum absolute atomic E-state index is 6.24. The van der Waals surface area contributed by atoms with Gasteiger partial charge in [0.25, 0.3) is 0 Å². The SMILES string of the molecule is CC.Cc1cccc(Nc2ccc(OCc3ccccc3)nc2OCc2ccccc2)c1N. The van der Waals surface area contributed by atoms with Crippen molar-refractivity contribution in [3.05, 3.63) is 108 Å². The monoisotopic (exact) mass is 441 g/mol. The van der Waals surface area contributed by atoms with E-state index in [1.807, 2.05) is 112 Å². The molecule has 5 nitrogen and oxygen atoms in total. The molecule has 0 aliphatic carbocycles. The average molecular weight is 442 g/mol. The first kappa shape index (κ1) is 23.7. The minimum Gasteiger partial charge on any atom is -0.473 e. The highest BCUT2D eigenvalue weighted by Crippen LogP contribution is 2.32. The lowest BCUT2D eigenvalue weighted by Gasteiger charge is -2.16. The quantitative estimate of drug-likeness (QED) is 0.291. The molecule has 0 fully saturated rings. The Labute approximate surface area is 196 Å². The highest BCUT2D eigenvalue weighted by atomic mass is 16.5. The maximum atomic E-state index is 6.24. The Morgan fingerprint density at radius 3 is 1.94 bits per heavy atom. The molecule has 1 heterocycles. The number of aryl methyl sites for hydroxylation is 1. The van der Waals surface area contributed by atoms with E-state index < -0.39 is 0 Å². The summed E-state index contributed by atoms with van der Waals surface area (Å²) in [6.45, 7) is 6.81. The van der Waals surface area contributed by atoms with Crippen LogP contribution in [-0.2, 0) is 13.2 Å². The highest BCUT2D eigenvalue weighted by Gasteiger charge is 2.11. The molecule has 0 unspecified atom stereocenters. The number of benzene rings is 3. The third-order valence-electron chi connectivity index (χ3n) is 4.88. The summed E-state index contributed by atoms with van der Waals surface area (Å²) in [5.74, 6) is 0.949. The summed E-state index contributed by atoms with van der Waals surface area (Å²) in [6, 6.07) is 29.6. The van der Waals surface area contributed by atoms with Crippen molar-refractivity contribution in [2.45, 2.75) is 34.0 Å². The fourth-order valence-corrected chi connectivity index (χ4v) is 3.10. The van der Waals surface area contributed by atoms with Crippen LogP contribution in [0.4, 0.5) is 17.1 Å². The van der Waals surface area contributed by atoms with Crippen LogP contribution in [0.25, 0.3) is 0 Å². The number of rotatable bonds is 8. The molecule has 5 heteroatoms. The number of nitrogens with two attached hydrogens (primary N) is 1. The minimum atomic E-state index is 0.397. The Morgan fingerprint density at radius 2 is 1.30 bits per heavy atom. The van der Waals surface area contributed by atoms with Gasteiger partial charge in [-0.2, -0.15) is 4.98 Å². The molecular formula is C28H31N3O2. The predicted octanol–water partition coefficient (Wildman–Crippen LogP) is 6.90. The number of ether oxygens (including phenoxy) is 2. The van der Waals surface area contributed by atoms with Crippen molar-refractivity contribution in [3.8, 4) is 11.8 Å². The van der Waals surface area contributed by atoms with Gasteiger partial charge in [0.05, 0.1) is 11.4 Å². The predicted molar refractivity (Wildman–Crippen MR) is 136 cm³/mol. The van der Waals surface area contributed by atoms with Gasteiger partial charge in [0.1, 0.15) is 18.9 Å². The van der Waals surface area contributed by atoms with E-state index in [9.17, 15) is 0 Å². The van der Waals surface area contributed by atoms with Crippen LogP contribution >= 0.6 is 0 Å². The standard InChI is InChI=1S/C26H25N3O2.C2H6/c1-19-9-8-14-22(25(19)27)28-23-15-16-24(30-17-20-10-4-2-5-11-20)29-26(23)31-18-21-12-6-3-7-13-21;1-2/h2-16,28H,17-18,27H2,1H3;1-2H3. The van der Waals surface area contributed by atoms with E-state index in [2.05, 4.69) is 10.3 Å². The van der Waals surface area contributed by atoms with E-state index in [0.29, 0.717) is 30.7 Å². The Kier molecular flexibility index (Phi) is 8.71. The molecule has 0 spiro atoms. The van der Waals surface area contributed by atoms with Gasteiger partial charge in [0, 0.05) is 6.07 Å². The first-order valence-electron chi connectivity index (χ1n) is 11.2. The van der Waals surface area contributed by atoms with E-state index in [1.165, 1.54) is 0 Å². The summed E-state index contributed by atoms with van der Waals surface area (Å²) in [7, 11) is 0. The zero-order valence-electron chi connectivity index (χ0n) is 19.4. The van der Waals surface area contributed by atoms with Gasteiger partial charge in [-0.05, 0) is 35.7 Å². The molecule has 0 aliphatic heterocycles. The summed E-state index contributed by atoms with van der Waals surface area (Å²) in [5.41, 5.74) is 11.6. The second-order valence-corrected chi connectivity index (χ2v) is 7.21. The number of para-hydroxylation sites is 1. The second-order valence-electron chi connectivity index (χ2n) is 7.21. The van der Waals surface area contributed by atoms with E-state index >= 15 is 0 Å². The fourth-order valence-electron chi connectivity index (χ4n) is 3.10. The number of hydrogen-bond donors (Lipinski definition) is 2. The molecule has 4 aromatic rings. The summed E-state index contributed by atoms with van der Waals surface area (Å²) >= 11 is 0. The van der Waals surface area contributed by atoms with Crippen molar-refractivity contribution in [1.82, 2.24) is 4.98 Å². The second kappa shape index (κ2) is 12.2. The Balaban J connectivity index is 0.00000149. The first-order chi connectivity index (χ1) is 16.2. The van der Waals surface area contributed by atoms with Gasteiger partial charge in [-0.15, -0.1) is 0 Å². The van der Waals surface area contributed by atoms with Crippen molar-refractivity contribution in [2.75, 3.05) is 11.1 Å². The van der Waals surface area contributed by atoms with Crippen molar-refractivity contribution in [1.29, 1.82) is 0 Å². The van der Waals surface area contributed by atoms with Crippen LogP contribution in [0, 0.1) is 6.92 Å². The normalized spacial score (nSPS) is 10.0. The van der Waals surface area contributed by atoms with Gasteiger partial charge in [0.2, 0.25) is 11.8 Å². The number of nitrogens with one attached hydrogen (secondary N) is 1. The molecule has 0 aliphatic rings. The molecule has 0 amide bonds. The fraction of sp³-hybridized carbons (Fsp3) is 0.179. The van der Waals surface area contributed by atoms with Crippen LogP contribution < -0.4 is 20.5 Å². The van der Waals surface area contributed by atoms with Crippen LogP contribution in [0.2, 0.25) is 0 Å². The van der Waals surface area contributed by atoms with Gasteiger partial charge in [-0.1, -0.05) is 86.6 Å². The van der Waals surface area contributed by atoms with Crippen LogP contribution in [0.1, 0.15) is 30.5 Å². The molecule has 0 saturated heterocycles. The molecule has 0 radical (unpaired) electrons. The zero-order chi connectivity index (χ0) is 23.5. The number of hydrogen-bond acceptors (Lipinski definition) is 5. The average Bonchev–Trinajstić information content (AvgIpc) is 2.87. The molecule has 33 heavy (non-hydrogen) atoms. The Hall–Kier alpha value is -3.99. The van der Waals surface area contributed by atoms with Gasteiger partial charge < -0.3 is 20.5 Å². The summed E-state index contributed by atoms with van der Waals surface area (Å²) in [6.07, 6.45) is 0. The number of nitrogens with zero attached hydrogens (tertiary/aromatic N) is 1. The van der Waals surface area contributed by atoms with E-state index in [0.717, 1.165) is 28.1 Å². The van der Waals surface area contributed by atoms with Crippen LogP contribution in [0.3, 0.4) is 0 Å². The molecule has 1 aromatic heterocycles. The lowest BCUT2D eigenvalue weighted by Crippen LogP contribution is -2.05. The van der Waals surface area contributed by atoms with E-state index in [-0.39, 0.29) is 0 Å². The minimum absolute atomic E-state index is 0.397. The molecule has 0 atom stereocenters. The van der Waals surface area contributed by atoms with E-state index in [4.69, 9.17) is 15.2 Å². The number of pyridine rings is 1. The number of anilines is 3. The topological polar surface area (TPSA) is 69.4 Å². The first-order valence-corrected chi connectivity index (χ1v) is 11.2. The summed E-state index contributed by atoms with van der Waals surface area (Å²) < 4.78 is 12.0. The van der Waals surface area contributed by atoms with Crippen molar-refractivity contribution >= 4 is 17.1 Å². The molecule has 170 valence electrons. The van der Waals surface area contributed by atoms with Crippen molar-refractivity contribution in [3.63, 3.8) is 0 Å². The Bertz CT molecular complexity index is 1130. The lowest BCUT2D eigenvalue weighted by molar-refractivity contribution is 0.269. The molecular weight excluding hydrogens is 410 g/mol. The van der Waals surface area contributed by atoms with Gasteiger partial charge in [-0.3, -0.25) is 0 Å². The zero-order valence-corrected chi connectivity index (χ0v) is 19.4. The molecule has 3 N–H and O–H groups in total. The van der Waals surface area contributed by atoms with Crippen LogP contribution in [0.15, 0.2) is 91.0 Å². The van der Waals surface area contributed by atoms with Crippen molar-refractivity contribution in [2.24, 2.45) is 0 Å². The Morgan fingerprint density at radius 1 is 0.697 bits per heavy atom.